The van der Waals surface area contributed by atoms with Gasteiger partial charge in [-0.05, 0) is 56.6 Å². The molecular formula is C15H22Cl2N2. The summed E-state index contributed by atoms with van der Waals surface area (Å²) in [6, 6.07) is 6.43. The molecule has 0 aliphatic carbocycles. The van der Waals surface area contributed by atoms with Crippen molar-refractivity contribution in [1.29, 1.82) is 0 Å². The van der Waals surface area contributed by atoms with Crippen LogP contribution in [0.1, 0.15) is 38.3 Å². The van der Waals surface area contributed by atoms with E-state index >= 15 is 0 Å². The van der Waals surface area contributed by atoms with Crippen molar-refractivity contribution in [2.24, 2.45) is 0 Å². The fraction of sp³-hybridized carbons (Fsp3) is 0.600. The number of piperidine rings is 1. The Hall–Kier alpha value is -0.280. The van der Waals surface area contributed by atoms with Gasteiger partial charge in [0, 0.05) is 28.7 Å². The van der Waals surface area contributed by atoms with Crippen LogP contribution in [0.3, 0.4) is 0 Å². The smallest absolute Gasteiger partial charge is 0.0454 e. The van der Waals surface area contributed by atoms with Crippen LogP contribution in [0.25, 0.3) is 0 Å². The molecule has 0 spiro atoms. The van der Waals surface area contributed by atoms with Crippen molar-refractivity contribution < 1.29 is 0 Å². The lowest BCUT2D eigenvalue weighted by Crippen LogP contribution is -2.46. The van der Waals surface area contributed by atoms with Crippen LogP contribution < -0.4 is 5.32 Å². The maximum absolute atomic E-state index is 6.26. The van der Waals surface area contributed by atoms with E-state index in [0.717, 1.165) is 28.7 Å². The largest absolute Gasteiger partial charge is 0.306 e. The average Bonchev–Trinajstić information content (AvgIpc) is 2.41. The molecule has 4 heteroatoms. The number of halogens is 2. The number of rotatable bonds is 4. The Morgan fingerprint density at radius 3 is 2.95 bits per heavy atom. The van der Waals surface area contributed by atoms with Gasteiger partial charge in [-0.2, -0.15) is 0 Å². The van der Waals surface area contributed by atoms with Crippen LogP contribution in [-0.2, 0) is 0 Å². The zero-order valence-electron chi connectivity index (χ0n) is 11.6. The molecule has 0 saturated carbocycles. The normalized spacial score (nSPS) is 22.4. The van der Waals surface area contributed by atoms with Crippen molar-refractivity contribution in [3.8, 4) is 0 Å². The summed E-state index contributed by atoms with van der Waals surface area (Å²) in [5.41, 5.74) is 1.09. The fourth-order valence-corrected chi connectivity index (χ4v) is 3.23. The predicted molar refractivity (Wildman–Crippen MR) is 83.1 cm³/mol. The van der Waals surface area contributed by atoms with E-state index in [-0.39, 0.29) is 6.04 Å². The molecule has 2 unspecified atom stereocenters. The quantitative estimate of drug-likeness (QED) is 0.899. The van der Waals surface area contributed by atoms with Gasteiger partial charge in [-0.25, -0.2) is 0 Å². The molecule has 1 saturated heterocycles. The van der Waals surface area contributed by atoms with E-state index in [0.29, 0.717) is 6.04 Å². The third-order valence-corrected chi connectivity index (χ3v) is 4.44. The molecule has 106 valence electrons. The van der Waals surface area contributed by atoms with Gasteiger partial charge in [0.05, 0.1) is 0 Å². The summed E-state index contributed by atoms with van der Waals surface area (Å²) in [5, 5.41) is 5.21. The van der Waals surface area contributed by atoms with Crippen LogP contribution in [0, 0.1) is 0 Å². The molecule has 19 heavy (non-hydrogen) atoms. The molecule has 1 aromatic carbocycles. The van der Waals surface area contributed by atoms with Crippen molar-refractivity contribution in [2.45, 2.75) is 38.8 Å². The number of likely N-dealkylation sites (N-methyl/N-ethyl adjacent to an activating group) is 1. The number of hydrogen-bond donors (Lipinski definition) is 1. The zero-order valence-corrected chi connectivity index (χ0v) is 13.1. The zero-order chi connectivity index (χ0) is 13.8. The standard InChI is InChI=1S/C15H22Cl2N2/c1-3-19-8-4-5-13(10-19)18-11(2)14-9-12(16)6-7-15(14)17/h6-7,9,11,13,18H,3-5,8,10H2,1-2H3. The first-order valence-corrected chi connectivity index (χ1v) is 7.79. The highest BCUT2D eigenvalue weighted by Crippen LogP contribution is 2.27. The second-order valence-corrected chi connectivity index (χ2v) is 6.13. The van der Waals surface area contributed by atoms with E-state index in [1.54, 1.807) is 0 Å². The van der Waals surface area contributed by atoms with E-state index in [1.165, 1.54) is 19.4 Å². The molecule has 1 aliphatic heterocycles. The minimum Gasteiger partial charge on any atom is -0.306 e. The Kier molecular flexibility index (Phi) is 5.52. The van der Waals surface area contributed by atoms with E-state index in [1.807, 2.05) is 18.2 Å². The van der Waals surface area contributed by atoms with Crippen LogP contribution in [-0.4, -0.2) is 30.6 Å². The van der Waals surface area contributed by atoms with Gasteiger partial charge in [0.25, 0.3) is 0 Å². The number of benzene rings is 1. The van der Waals surface area contributed by atoms with Crippen LogP contribution in [0.15, 0.2) is 18.2 Å². The average molecular weight is 301 g/mol. The molecule has 2 atom stereocenters. The second kappa shape index (κ2) is 6.94. The van der Waals surface area contributed by atoms with E-state index in [9.17, 15) is 0 Å². The summed E-state index contributed by atoms with van der Waals surface area (Å²) in [5.74, 6) is 0. The second-order valence-electron chi connectivity index (χ2n) is 5.29. The Balaban J connectivity index is 2.00. The van der Waals surface area contributed by atoms with Crippen LogP contribution in [0.2, 0.25) is 10.0 Å². The summed E-state index contributed by atoms with van der Waals surface area (Å²) in [7, 11) is 0. The summed E-state index contributed by atoms with van der Waals surface area (Å²) in [6.45, 7) is 7.85. The van der Waals surface area contributed by atoms with Crippen molar-refractivity contribution >= 4 is 23.2 Å². The number of nitrogens with zero attached hydrogens (tertiary/aromatic N) is 1. The highest BCUT2D eigenvalue weighted by atomic mass is 35.5. The van der Waals surface area contributed by atoms with Gasteiger partial charge >= 0.3 is 0 Å². The molecule has 0 bridgehead atoms. The monoisotopic (exact) mass is 300 g/mol. The van der Waals surface area contributed by atoms with E-state index in [2.05, 4.69) is 24.1 Å². The maximum atomic E-state index is 6.26. The topological polar surface area (TPSA) is 15.3 Å². The molecule has 1 N–H and O–H groups in total. The lowest BCUT2D eigenvalue weighted by molar-refractivity contribution is 0.192. The fourth-order valence-electron chi connectivity index (χ4n) is 2.77. The molecule has 1 fully saturated rings. The molecule has 1 heterocycles. The lowest BCUT2D eigenvalue weighted by atomic mass is 10.0. The Labute approximate surface area is 126 Å². The molecule has 0 aromatic heterocycles. The van der Waals surface area contributed by atoms with E-state index in [4.69, 9.17) is 23.2 Å². The van der Waals surface area contributed by atoms with Gasteiger partial charge in [0.15, 0.2) is 0 Å². The third-order valence-electron chi connectivity index (χ3n) is 3.86. The highest BCUT2D eigenvalue weighted by molar-refractivity contribution is 6.33. The molecule has 0 radical (unpaired) electrons. The van der Waals surface area contributed by atoms with Crippen molar-refractivity contribution in [1.82, 2.24) is 10.2 Å². The molecule has 2 nitrogen and oxygen atoms in total. The van der Waals surface area contributed by atoms with Gasteiger partial charge < -0.3 is 10.2 Å². The first kappa shape index (κ1) is 15.1. The third kappa shape index (κ3) is 4.09. The highest BCUT2D eigenvalue weighted by Gasteiger charge is 2.21. The molecule has 0 amide bonds. The Morgan fingerprint density at radius 2 is 2.21 bits per heavy atom. The van der Waals surface area contributed by atoms with Gasteiger partial charge in [0.1, 0.15) is 0 Å². The number of likely N-dealkylation sites (tertiary alicyclic amines) is 1. The summed E-state index contributed by atoms with van der Waals surface area (Å²) < 4.78 is 0. The maximum Gasteiger partial charge on any atom is 0.0454 e. The first-order valence-electron chi connectivity index (χ1n) is 7.03. The van der Waals surface area contributed by atoms with Crippen LogP contribution in [0.5, 0.6) is 0 Å². The van der Waals surface area contributed by atoms with Crippen molar-refractivity contribution in [2.75, 3.05) is 19.6 Å². The number of hydrogen-bond acceptors (Lipinski definition) is 2. The SMILES string of the molecule is CCN1CCCC(NC(C)c2cc(Cl)ccc2Cl)C1. The van der Waals surface area contributed by atoms with Crippen molar-refractivity contribution in [3.63, 3.8) is 0 Å². The minimum absolute atomic E-state index is 0.230. The molecule has 1 aliphatic rings. The minimum atomic E-state index is 0.230. The Morgan fingerprint density at radius 1 is 1.42 bits per heavy atom. The summed E-state index contributed by atoms with van der Waals surface area (Å²) in [4.78, 5) is 2.49. The first-order chi connectivity index (χ1) is 9.10. The predicted octanol–water partition coefficient (Wildman–Crippen LogP) is 4.13. The Bertz CT molecular complexity index is 423. The van der Waals surface area contributed by atoms with Gasteiger partial charge in [-0.15, -0.1) is 0 Å². The van der Waals surface area contributed by atoms with Gasteiger partial charge in [-0.3, -0.25) is 0 Å². The van der Waals surface area contributed by atoms with Gasteiger partial charge in [0.2, 0.25) is 0 Å². The summed E-state index contributed by atoms with van der Waals surface area (Å²) >= 11 is 12.3. The molecule has 1 aromatic rings. The van der Waals surface area contributed by atoms with E-state index < -0.39 is 0 Å². The van der Waals surface area contributed by atoms with Crippen LogP contribution >= 0.6 is 23.2 Å². The van der Waals surface area contributed by atoms with Crippen molar-refractivity contribution in [3.05, 3.63) is 33.8 Å². The summed E-state index contributed by atoms with van der Waals surface area (Å²) in [6.07, 6.45) is 2.50. The molecular weight excluding hydrogens is 279 g/mol. The van der Waals surface area contributed by atoms with Crippen LogP contribution in [0.4, 0.5) is 0 Å². The van der Waals surface area contributed by atoms with Gasteiger partial charge in [-0.1, -0.05) is 30.1 Å². The number of nitrogens with one attached hydrogen (secondary N) is 1. The lowest BCUT2D eigenvalue weighted by Gasteiger charge is -2.34. The molecule has 2 rings (SSSR count).